The molecule has 1 aliphatic rings. The van der Waals surface area contributed by atoms with Crippen LogP contribution in [-0.2, 0) is 24.0 Å². The lowest BCUT2D eigenvalue weighted by Crippen LogP contribution is -2.57. The first kappa shape index (κ1) is 38.0. The minimum atomic E-state index is -1.96. The number of carboxylic acids is 1. The Balaban J connectivity index is 1.27. The van der Waals surface area contributed by atoms with Crippen LogP contribution >= 0.6 is 11.8 Å². The van der Waals surface area contributed by atoms with Crippen LogP contribution in [0.1, 0.15) is 49.5 Å². The van der Waals surface area contributed by atoms with E-state index in [4.69, 9.17) is 10.5 Å². The molecule has 1 saturated heterocycles. The molecule has 12 nitrogen and oxygen atoms in total. The Kier molecular flexibility index (Phi) is 13.0. The quantitative estimate of drug-likeness (QED) is 0.0745. The Morgan fingerprint density at radius 1 is 0.940 bits per heavy atom. The van der Waals surface area contributed by atoms with Crippen molar-refractivity contribution in [2.24, 2.45) is 5.73 Å². The largest absolute Gasteiger partial charge is 0.484 e. The lowest BCUT2D eigenvalue weighted by atomic mass is 9.90. The minimum absolute atomic E-state index is 0.0730. The number of carbonyl (C=O) groups is 5. The molecule has 15 heteroatoms. The molecule has 266 valence electrons. The zero-order valence-corrected chi connectivity index (χ0v) is 28.0. The summed E-state index contributed by atoms with van der Waals surface area (Å²) in [6.45, 7) is 0.622. The normalized spacial score (nSPS) is 17.2. The number of aliphatic carboxylic acids is 1. The zero-order chi connectivity index (χ0) is 36.4. The molecule has 1 aliphatic heterocycles. The van der Waals surface area contributed by atoms with Crippen molar-refractivity contribution in [3.8, 4) is 5.75 Å². The van der Waals surface area contributed by atoms with Gasteiger partial charge in [0.05, 0.1) is 18.7 Å². The molecule has 0 radical (unpaired) electrons. The van der Waals surface area contributed by atoms with Crippen LogP contribution < -0.4 is 26.0 Å². The highest BCUT2D eigenvalue weighted by atomic mass is 32.2. The van der Waals surface area contributed by atoms with E-state index in [0.717, 1.165) is 12.5 Å². The predicted molar refractivity (Wildman–Crippen MR) is 181 cm³/mol. The van der Waals surface area contributed by atoms with Gasteiger partial charge >= 0.3 is 5.97 Å². The number of anilines is 1. The van der Waals surface area contributed by atoms with E-state index in [-0.39, 0.29) is 37.8 Å². The number of carboxylic acid groups (broad SMARTS) is 1. The smallest absolute Gasteiger partial charge is 0.331 e. The molecule has 4 atom stereocenters. The molecule has 3 aromatic rings. The Morgan fingerprint density at radius 3 is 2.16 bits per heavy atom. The SMILES string of the molecule is CC(=O)[C@@](N)(CCCCNC(=O)CNC(=O)COc1ccc([C@@H]2[C@@H](SCC(O)c3ccc(F)cc3)C(=O)N2c2ccc(F)cc2)cc1)C(=O)O. The summed E-state index contributed by atoms with van der Waals surface area (Å²) < 4.78 is 32.5. The van der Waals surface area contributed by atoms with Gasteiger partial charge < -0.3 is 36.2 Å². The first-order chi connectivity index (χ1) is 23.8. The molecule has 4 rings (SSSR count). The molecule has 50 heavy (non-hydrogen) atoms. The van der Waals surface area contributed by atoms with Gasteiger partial charge in [0.25, 0.3) is 5.91 Å². The number of nitrogens with one attached hydrogen (secondary N) is 2. The summed E-state index contributed by atoms with van der Waals surface area (Å²) in [6.07, 6.45) is -0.329. The van der Waals surface area contributed by atoms with Crippen LogP contribution in [0.4, 0.5) is 14.5 Å². The second-order valence-electron chi connectivity index (χ2n) is 11.7. The minimum Gasteiger partial charge on any atom is -0.484 e. The van der Waals surface area contributed by atoms with Crippen molar-refractivity contribution in [3.63, 3.8) is 0 Å². The molecule has 0 aliphatic carbocycles. The summed E-state index contributed by atoms with van der Waals surface area (Å²) in [4.78, 5) is 62.0. The molecule has 0 saturated carbocycles. The summed E-state index contributed by atoms with van der Waals surface area (Å²) in [6, 6.07) is 17.3. The van der Waals surface area contributed by atoms with E-state index < -0.39 is 58.1 Å². The number of halogens is 2. The van der Waals surface area contributed by atoms with Gasteiger partial charge in [-0.15, -0.1) is 11.8 Å². The molecule has 3 amide bonds. The van der Waals surface area contributed by atoms with Crippen molar-refractivity contribution < 1.29 is 47.7 Å². The van der Waals surface area contributed by atoms with E-state index in [0.29, 0.717) is 29.8 Å². The van der Waals surface area contributed by atoms with Gasteiger partial charge in [0.1, 0.15) is 22.6 Å². The van der Waals surface area contributed by atoms with Gasteiger partial charge in [-0.3, -0.25) is 19.2 Å². The summed E-state index contributed by atoms with van der Waals surface area (Å²) in [5, 5.41) is 24.3. The number of nitrogens with two attached hydrogens (primary N) is 1. The number of thioether (sulfide) groups is 1. The molecule has 0 aromatic heterocycles. The molecular formula is C35H38F2N4O8S. The van der Waals surface area contributed by atoms with Crippen molar-refractivity contribution in [1.29, 1.82) is 0 Å². The fraction of sp³-hybridized carbons (Fsp3) is 0.343. The number of benzene rings is 3. The molecule has 0 spiro atoms. The number of carbonyl (C=O) groups excluding carboxylic acids is 4. The number of rotatable bonds is 18. The first-order valence-corrected chi connectivity index (χ1v) is 16.8. The van der Waals surface area contributed by atoms with Crippen LogP contribution in [0.5, 0.6) is 5.75 Å². The number of unbranched alkanes of at least 4 members (excludes halogenated alkanes) is 1. The zero-order valence-electron chi connectivity index (χ0n) is 27.1. The summed E-state index contributed by atoms with van der Waals surface area (Å²) >= 11 is 1.25. The van der Waals surface area contributed by atoms with Crippen LogP contribution in [0, 0.1) is 11.6 Å². The Morgan fingerprint density at radius 2 is 1.56 bits per heavy atom. The monoisotopic (exact) mass is 712 g/mol. The molecular weight excluding hydrogens is 674 g/mol. The predicted octanol–water partition coefficient (Wildman–Crippen LogP) is 3.04. The van der Waals surface area contributed by atoms with Crippen molar-refractivity contribution >= 4 is 46.9 Å². The van der Waals surface area contributed by atoms with Crippen LogP contribution in [0.2, 0.25) is 0 Å². The fourth-order valence-electron chi connectivity index (χ4n) is 5.21. The second kappa shape index (κ2) is 17.2. The number of aliphatic hydroxyl groups excluding tert-OH is 1. The molecule has 0 bridgehead atoms. The maximum Gasteiger partial charge on any atom is 0.331 e. The Bertz CT molecular complexity index is 1660. The van der Waals surface area contributed by atoms with Crippen molar-refractivity contribution in [2.75, 3.05) is 30.3 Å². The second-order valence-corrected chi connectivity index (χ2v) is 12.9. The van der Waals surface area contributed by atoms with Crippen molar-refractivity contribution in [3.05, 3.63) is 95.6 Å². The highest BCUT2D eigenvalue weighted by Crippen LogP contribution is 2.46. The fourth-order valence-corrected chi connectivity index (χ4v) is 6.51. The van der Waals surface area contributed by atoms with E-state index in [9.17, 15) is 43.0 Å². The Hall–Kier alpha value is -4.86. The molecule has 6 N–H and O–H groups in total. The average molecular weight is 713 g/mol. The highest BCUT2D eigenvalue weighted by molar-refractivity contribution is 8.00. The van der Waals surface area contributed by atoms with Gasteiger partial charge in [-0.25, -0.2) is 13.6 Å². The molecule has 1 unspecified atom stereocenters. The van der Waals surface area contributed by atoms with E-state index in [1.165, 1.54) is 60.3 Å². The summed E-state index contributed by atoms with van der Waals surface area (Å²) in [5.74, 6) is -3.64. The van der Waals surface area contributed by atoms with Gasteiger partial charge in [0.2, 0.25) is 11.8 Å². The molecule has 3 aromatic carbocycles. The number of Topliss-reactive ketones (excluding diaryl/α,β-unsaturated/α-hetero) is 1. The van der Waals surface area contributed by atoms with Gasteiger partial charge in [-0.2, -0.15) is 0 Å². The van der Waals surface area contributed by atoms with Crippen LogP contribution in [0.25, 0.3) is 0 Å². The number of nitrogens with zero attached hydrogens (tertiary/aromatic N) is 1. The third-order valence-electron chi connectivity index (χ3n) is 8.21. The van der Waals surface area contributed by atoms with Crippen molar-refractivity contribution in [1.82, 2.24) is 10.6 Å². The maximum atomic E-state index is 13.6. The van der Waals surface area contributed by atoms with E-state index in [1.54, 1.807) is 29.2 Å². The first-order valence-electron chi connectivity index (χ1n) is 15.7. The lowest BCUT2D eigenvalue weighted by molar-refractivity contribution is -0.148. The van der Waals surface area contributed by atoms with Gasteiger partial charge in [-0.05, 0) is 85.8 Å². The van der Waals surface area contributed by atoms with E-state index in [2.05, 4.69) is 10.6 Å². The topological polar surface area (TPSA) is 188 Å². The van der Waals surface area contributed by atoms with Crippen LogP contribution in [-0.4, -0.2) is 75.9 Å². The van der Waals surface area contributed by atoms with E-state index >= 15 is 0 Å². The van der Waals surface area contributed by atoms with Gasteiger partial charge in [0, 0.05) is 18.0 Å². The number of amides is 3. The standard InChI is InChI=1S/C35H38F2N4O8S/c1-21(42)35(38,34(47)48)16-2-3-17-39-29(44)18-40-30(45)19-49-27-14-6-23(7-15-27)31-32(33(46)41(31)26-12-10-25(37)11-13-26)50-20-28(43)22-4-8-24(36)9-5-22/h4-15,28,31-32,43H,2-3,16-20,38H2,1H3,(H,39,44)(H,40,45)(H,47,48)/t28?,31-,32-,35+/m1/s1. The number of aliphatic hydroxyl groups is 1. The maximum absolute atomic E-state index is 13.6. The van der Waals surface area contributed by atoms with Crippen LogP contribution in [0.3, 0.4) is 0 Å². The molecule has 1 heterocycles. The third-order valence-corrected chi connectivity index (χ3v) is 9.53. The number of ketones is 1. The number of ether oxygens (including phenoxy) is 1. The molecule has 1 fully saturated rings. The summed E-state index contributed by atoms with van der Waals surface area (Å²) in [5.41, 5.74) is 5.44. The average Bonchev–Trinajstić information content (AvgIpc) is 3.09. The van der Waals surface area contributed by atoms with Crippen molar-refractivity contribution in [2.45, 2.75) is 49.1 Å². The number of hydrogen-bond donors (Lipinski definition) is 5. The highest BCUT2D eigenvalue weighted by Gasteiger charge is 2.49. The van der Waals surface area contributed by atoms with E-state index in [1.807, 2.05) is 0 Å². The Labute approximate surface area is 291 Å². The number of β-lactam (4-membered cyclic amide) rings is 1. The summed E-state index contributed by atoms with van der Waals surface area (Å²) in [7, 11) is 0. The lowest BCUT2D eigenvalue weighted by Gasteiger charge is -2.47. The van der Waals surface area contributed by atoms with Gasteiger partial charge in [-0.1, -0.05) is 24.3 Å². The third kappa shape index (κ3) is 9.64. The number of hydrogen-bond acceptors (Lipinski definition) is 9. The van der Waals surface area contributed by atoms with Gasteiger partial charge in [0.15, 0.2) is 17.9 Å². The van der Waals surface area contributed by atoms with Crippen LogP contribution in [0.15, 0.2) is 72.8 Å².